The minimum Gasteiger partial charge on any atom is -0.308 e. The molecule has 1 aromatic rings. The number of carbonyl (C=O) groups excluding carboxylic acids is 1. The molecule has 138 valence electrons. The summed E-state index contributed by atoms with van der Waals surface area (Å²) in [6.45, 7) is 7.80. The van der Waals surface area contributed by atoms with Crippen molar-refractivity contribution in [2.24, 2.45) is 0 Å². The first kappa shape index (κ1) is 19.3. The third-order valence-corrected chi connectivity index (χ3v) is 3.73. The average molecular weight is 354 g/mol. The molecule has 0 aliphatic carbocycles. The van der Waals surface area contributed by atoms with Gasteiger partial charge in [0.15, 0.2) is 0 Å². The molecular formula is C19H26N6O. The molecular weight excluding hydrogens is 328 g/mol. The lowest BCUT2D eigenvalue weighted by Crippen LogP contribution is -2.32. The molecule has 2 heterocycles. The van der Waals surface area contributed by atoms with E-state index in [9.17, 15) is 4.79 Å². The number of pyridine rings is 1. The van der Waals surface area contributed by atoms with Crippen LogP contribution in [0.15, 0.2) is 67.1 Å². The molecule has 0 aromatic carbocycles. The first-order valence-corrected chi connectivity index (χ1v) is 8.62. The molecule has 4 N–H and O–H groups in total. The van der Waals surface area contributed by atoms with Crippen molar-refractivity contribution in [3.05, 3.63) is 72.6 Å². The monoisotopic (exact) mass is 354 g/mol. The summed E-state index contributed by atoms with van der Waals surface area (Å²) < 4.78 is 0. The fourth-order valence-corrected chi connectivity index (χ4v) is 2.22. The van der Waals surface area contributed by atoms with Crippen LogP contribution in [0.4, 0.5) is 10.5 Å². The fraction of sp³-hybridized carbons (Fsp3) is 0.263. The van der Waals surface area contributed by atoms with E-state index in [2.05, 4.69) is 40.1 Å². The number of hydrazine groups is 2. The number of allylic oxidation sites excluding steroid dienone is 4. The number of nitrogens with one attached hydrogen (secondary N) is 4. The molecule has 1 aromatic heterocycles. The summed E-state index contributed by atoms with van der Waals surface area (Å²) in [6.07, 6.45) is 15.6. The molecule has 0 radical (unpaired) electrons. The van der Waals surface area contributed by atoms with Crippen molar-refractivity contribution in [2.75, 3.05) is 5.32 Å². The van der Waals surface area contributed by atoms with Crippen LogP contribution in [-0.4, -0.2) is 16.0 Å². The largest absolute Gasteiger partial charge is 0.323 e. The van der Waals surface area contributed by atoms with Gasteiger partial charge < -0.3 is 16.1 Å². The van der Waals surface area contributed by atoms with E-state index in [0.717, 1.165) is 30.5 Å². The summed E-state index contributed by atoms with van der Waals surface area (Å²) in [5, 5.41) is 7.33. The van der Waals surface area contributed by atoms with E-state index in [1.165, 1.54) is 0 Å². The Labute approximate surface area is 154 Å². The Morgan fingerprint density at radius 1 is 1.46 bits per heavy atom. The molecule has 2 amide bonds. The zero-order valence-corrected chi connectivity index (χ0v) is 15.2. The maximum Gasteiger partial charge on any atom is 0.323 e. The lowest BCUT2D eigenvalue weighted by Gasteiger charge is -2.10. The number of urea groups is 1. The number of rotatable bonds is 8. The topological polar surface area (TPSA) is 81.3 Å². The molecule has 0 fully saturated rings. The molecule has 0 spiro atoms. The predicted molar refractivity (Wildman–Crippen MR) is 104 cm³/mol. The van der Waals surface area contributed by atoms with E-state index in [-0.39, 0.29) is 6.03 Å². The summed E-state index contributed by atoms with van der Waals surface area (Å²) in [5.41, 5.74) is 9.49. The second-order valence-electron chi connectivity index (χ2n) is 5.84. The van der Waals surface area contributed by atoms with Gasteiger partial charge in [0.25, 0.3) is 0 Å². The Morgan fingerprint density at radius 2 is 2.31 bits per heavy atom. The van der Waals surface area contributed by atoms with E-state index >= 15 is 0 Å². The molecule has 1 aliphatic heterocycles. The van der Waals surface area contributed by atoms with Gasteiger partial charge in [0.2, 0.25) is 0 Å². The Balaban J connectivity index is 1.87. The first-order valence-electron chi connectivity index (χ1n) is 8.62. The van der Waals surface area contributed by atoms with Crippen LogP contribution in [-0.2, 0) is 0 Å². The van der Waals surface area contributed by atoms with Gasteiger partial charge in [-0.25, -0.2) is 4.79 Å². The van der Waals surface area contributed by atoms with Crippen molar-refractivity contribution in [1.82, 2.24) is 26.3 Å². The number of hydrogen-bond donors (Lipinski definition) is 4. The third kappa shape index (κ3) is 6.10. The Bertz CT molecular complexity index is 722. The summed E-state index contributed by atoms with van der Waals surface area (Å²) in [5.74, 6) is 0. The number of unbranched alkanes of at least 4 members (excludes halogenated alkanes) is 1. The molecule has 0 saturated heterocycles. The smallest absolute Gasteiger partial charge is 0.308 e. The Morgan fingerprint density at radius 3 is 3.04 bits per heavy atom. The summed E-state index contributed by atoms with van der Waals surface area (Å²) in [4.78, 5) is 16.1. The molecule has 0 bridgehead atoms. The zero-order chi connectivity index (χ0) is 18.8. The van der Waals surface area contributed by atoms with Crippen molar-refractivity contribution >= 4 is 11.7 Å². The number of anilines is 1. The van der Waals surface area contributed by atoms with Crippen LogP contribution < -0.4 is 21.6 Å². The highest BCUT2D eigenvalue weighted by molar-refractivity contribution is 5.91. The molecule has 7 nitrogen and oxygen atoms in total. The number of hydrogen-bond acceptors (Lipinski definition) is 5. The summed E-state index contributed by atoms with van der Waals surface area (Å²) in [6, 6.07) is 1.49. The van der Waals surface area contributed by atoms with Crippen molar-refractivity contribution in [3.63, 3.8) is 0 Å². The Hall–Kier alpha value is -3.06. The highest BCUT2D eigenvalue weighted by Crippen LogP contribution is 2.11. The number of carbonyl (C=O) groups is 1. The van der Waals surface area contributed by atoms with Gasteiger partial charge >= 0.3 is 6.03 Å². The van der Waals surface area contributed by atoms with E-state index in [4.69, 9.17) is 0 Å². The Kier molecular flexibility index (Phi) is 7.45. The normalized spacial score (nSPS) is 14.2. The molecule has 1 aliphatic rings. The second kappa shape index (κ2) is 10.0. The zero-order valence-electron chi connectivity index (χ0n) is 15.2. The van der Waals surface area contributed by atoms with E-state index in [1.807, 2.05) is 36.5 Å². The SMILES string of the molecule is C=C/C(=C\C=C\N1C=C(CCCC)NN1)NC(=O)Nc1cnccc1C. The van der Waals surface area contributed by atoms with Crippen molar-refractivity contribution in [1.29, 1.82) is 0 Å². The average Bonchev–Trinajstić information content (AvgIpc) is 3.08. The third-order valence-electron chi connectivity index (χ3n) is 3.73. The lowest BCUT2D eigenvalue weighted by molar-refractivity contribution is 0.254. The van der Waals surface area contributed by atoms with Crippen LogP contribution in [0.25, 0.3) is 0 Å². The number of aryl methyl sites for hydroxylation is 1. The molecule has 0 saturated carbocycles. The van der Waals surface area contributed by atoms with Gasteiger partial charge in [-0.3, -0.25) is 9.99 Å². The van der Waals surface area contributed by atoms with Crippen LogP contribution in [0.2, 0.25) is 0 Å². The minimum absolute atomic E-state index is 0.344. The summed E-state index contributed by atoms with van der Waals surface area (Å²) >= 11 is 0. The van der Waals surface area contributed by atoms with Crippen molar-refractivity contribution in [3.8, 4) is 0 Å². The second-order valence-corrected chi connectivity index (χ2v) is 5.84. The van der Waals surface area contributed by atoms with Gasteiger partial charge in [0, 0.05) is 30.0 Å². The van der Waals surface area contributed by atoms with E-state index in [0.29, 0.717) is 11.4 Å². The van der Waals surface area contributed by atoms with Gasteiger partial charge in [-0.15, -0.1) is 5.53 Å². The molecule has 2 rings (SSSR count). The standard InChI is InChI=1S/C19H26N6O/c1-4-6-8-17-14-25(24-23-17)12-7-9-16(5-2)21-19(26)22-18-13-20-11-10-15(18)3/h5,7,9-14,23-24H,2,4,6,8H2,1,3H3,(H2,21,22,26)/b12-7+,16-9+. The molecule has 0 atom stereocenters. The van der Waals surface area contributed by atoms with Gasteiger partial charge in [-0.1, -0.05) is 19.9 Å². The van der Waals surface area contributed by atoms with Crippen LogP contribution in [0.3, 0.4) is 0 Å². The molecule has 0 unspecified atom stereocenters. The van der Waals surface area contributed by atoms with Gasteiger partial charge in [0.1, 0.15) is 0 Å². The number of aromatic nitrogens is 1. The number of amides is 2. The lowest BCUT2D eigenvalue weighted by atomic mass is 10.2. The van der Waals surface area contributed by atoms with Gasteiger partial charge in [-0.2, -0.15) is 0 Å². The highest BCUT2D eigenvalue weighted by atomic mass is 16.2. The first-order chi connectivity index (χ1) is 12.6. The van der Waals surface area contributed by atoms with Gasteiger partial charge in [0.05, 0.1) is 11.9 Å². The quantitative estimate of drug-likeness (QED) is 0.538. The fourth-order valence-electron chi connectivity index (χ4n) is 2.22. The van der Waals surface area contributed by atoms with Gasteiger partial charge in [-0.05, 0) is 49.6 Å². The molecule has 26 heavy (non-hydrogen) atoms. The van der Waals surface area contributed by atoms with Crippen LogP contribution in [0.5, 0.6) is 0 Å². The summed E-state index contributed by atoms with van der Waals surface area (Å²) in [7, 11) is 0. The van der Waals surface area contributed by atoms with Crippen LogP contribution in [0.1, 0.15) is 31.7 Å². The predicted octanol–water partition coefficient (Wildman–Crippen LogP) is 3.45. The number of nitrogens with zero attached hydrogens (tertiary/aromatic N) is 2. The van der Waals surface area contributed by atoms with Crippen LogP contribution >= 0.6 is 0 Å². The minimum atomic E-state index is -0.344. The van der Waals surface area contributed by atoms with E-state index < -0.39 is 0 Å². The maximum atomic E-state index is 12.1. The van der Waals surface area contributed by atoms with E-state index in [1.54, 1.807) is 24.5 Å². The maximum absolute atomic E-state index is 12.1. The highest BCUT2D eigenvalue weighted by Gasteiger charge is 2.07. The molecule has 7 heteroatoms. The van der Waals surface area contributed by atoms with Crippen molar-refractivity contribution < 1.29 is 4.79 Å². The van der Waals surface area contributed by atoms with Crippen LogP contribution in [0, 0.1) is 6.92 Å². The van der Waals surface area contributed by atoms with Crippen molar-refractivity contribution in [2.45, 2.75) is 33.1 Å².